The molecule has 48 heavy (non-hydrogen) atoms. The number of carbonyl (C=O) groups is 1. The van der Waals surface area contributed by atoms with E-state index in [1.165, 1.54) is 55.7 Å². The van der Waals surface area contributed by atoms with Gasteiger partial charge in [0.05, 0.1) is 20.4 Å². The molecule has 248 valence electrons. The number of nitrogens with zero attached hydrogens (tertiary/aromatic N) is 3. The highest BCUT2D eigenvalue weighted by Crippen LogP contribution is 2.32. The molecule has 8 heteroatoms. The van der Waals surface area contributed by atoms with E-state index in [1.54, 1.807) is 11.3 Å². The average molecular weight is 678 g/mol. The number of ketones is 1. The van der Waals surface area contributed by atoms with Gasteiger partial charge in [-0.25, -0.2) is 9.97 Å². The molecule has 0 radical (unpaired) electrons. The van der Waals surface area contributed by atoms with E-state index in [2.05, 4.69) is 52.1 Å². The number of likely N-dealkylation sites (tertiary alicyclic amines) is 1. The molecule has 1 fully saturated rings. The van der Waals surface area contributed by atoms with Gasteiger partial charge in [-0.1, -0.05) is 85.1 Å². The molecule has 1 aliphatic rings. The van der Waals surface area contributed by atoms with Crippen LogP contribution < -0.4 is 9.47 Å². The largest absolute Gasteiger partial charge is 0.431 e. The number of aryl methyl sites for hydroxylation is 2. The smallest absolute Gasteiger partial charge is 0.279 e. The van der Waals surface area contributed by atoms with Crippen LogP contribution in [0, 0.1) is 0 Å². The third-order valence-electron chi connectivity index (χ3n) is 8.79. The van der Waals surface area contributed by atoms with Crippen LogP contribution in [0.3, 0.4) is 0 Å². The van der Waals surface area contributed by atoms with Gasteiger partial charge in [0.2, 0.25) is 0 Å². The monoisotopic (exact) mass is 677 g/mol. The molecular weight excluding hydrogens is 635 g/mol. The first kappa shape index (κ1) is 33.8. The van der Waals surface area contributed by atoms with Crippen LogP contribution >= 0.6 is 22.7 Å². The summed E-state index contributed by atoms with van der Waals surface area (Å²) in [6, 6.07) is 33.2. The number of thiazole rings is 2. The minimum absolute atomic E-state index is 0.301. The highest BCUT2D eigenvalue weighted by atomic mass is 32.1. The van der Waals surface area contributed by atoms with Crippen LogP contribution in [0.5, 0.6) is 21.9 Å². The molecule has 0 spiro atoms. The maximum absolute atomic E-state index is 11.3. The van der Waals surface area contributed by atoms with Gasteiger partial charge >= 0.3 is 0 Å². The summed E-state index contributed by atoms with van der Waals surface area (Å²) >= 11 is 3.12. The van der Waals surface area contributed by atoms with Crippen molar-refractivity contribution in [3.05, 3.63) is 108 Å². The van der Waals surface area contributed by atoms with E-state index >= 15 is 0 Å². The molecule has 4 aromatic carbocycles. The van der Waals surface area contributed by atoms with Gasteiger partial charge in [-0.05, 0) is 111 Å². The molecule has 3 heterocycles. The van der Waals surface area contributed by atoms with Crippen LogP contribution in [-0.4, -0.2) is 39.8 Å². The lowest BCUT2D eigenvalue weighted by molar-refractivity contribution is -0.118. The molecule has 0 N–H and O–H groups in total. The average Bonchev–Trinajstić information content (AvgIpc) is 3.89. The Morgan fingerprint density at radius 2 is 1.21 bits per heavy atom. The standard InChI is InChI=1S/C22H26N2OS.C18H17NO2S/c1-2-18(24-15-5-6-16-24)12-9-17-10-13-19(14-11-17)25-22-23-20-7-3-4-8-21(20)26-22;1-2-14(20)10-7-13-8-11-15(12-9-13)21-18-19-16-5-3-4-6-17(16)22-18/h3-4,7-8,10-11,13-14,18H,2,5-6,9,12,15-16H2,1H3;3-6,8-9,11-12H,2,7,10H2,1H3. The normalized spacial score (nSPS) is 13.7. The Kier molecular flexibility index (Phi) is 11.8. The van der Waals surface area contributed by atoms with Gasteiger partial charge in [0.15, 0.2) is 0 Å². The van der Waals surface area contributed by atoms with Crippen LogP contribution in [0.25, 0.3) is 20.4 Å². The number of benzene rings is 4. The highest BCUT2D eigenvalue weighted by molar-refractivity contribution is 7.20. The molecule has 1 saturated heterocycles. The van der Waals surface area contributed by atoms with Gasteiger partial charge < -0.3 is 14.4 Å². The summed E-state index contributed by atoms with van der Waals surface area (Å²) in [7, 11) is 0. The zero-order valence-corrected chi connectivity index (χ0v) is 29.4. The number of ether oxygens (including phenoxy) is 2. The quantitative estimate of drug-likeness (QED) is 0.121. The highest BCUT2D eigenvalue weighted by Gasteiger charge is 2.20. The summed E-state index contributed by atoms with van der Waals surface area (Å²) in [6.07, 6.45) is 8.37. The van der Waals surface area contributed by atoms with E-state index in [0.29, 0.717) is 29.0 Å². The molecule has 0 aliphatic carbocycles. The second-order valence-electron chi connectivity index (χ2n) is 12.1. The van der Waals surface area contributed by atoms with Gasteiger partial charge in [0, 0.05) is 18.9 Å². The van der Waals surface area contributed by atoms with Crippen molar-refractivity contribution in [2.45, 2.75) is 71.3 Å². The molecule has 1 aliphatic heterocycles. The van der Waals surface area contributed by atoms with Crippen LogP contribution in [0.1, 0.15) is 63.5 Å². The van der Waals surface area contributed by atoms with Gasteiger partial charge in [-0.2, -0.15) is 0 Å². The van der Waals surface area contributed by atoms with Crippen LogP contribution in [0.15, 0.2) is 97.1 Å². The summed E-state index contributed by atoms with van der Waals surface area (Å²) in [5.74, 6) is 1.93. The first-order valence-electron chi connectivity index (χ1n) is 17.1. The molecule has 0 bridgehead atoms. The molecule has 7 rings (SSSR count). The molecule has 1 unspecified atom stereocenters. The lowest BCUT2D eigenvalue weighted by atomic mass is 10.0. The summed E-state index contributed by atoms with van der Waals surface area (Å²) < 4.78 is 14.0. The molecule has 0 saturated carbocycles. The SMILES string of the molecule is CCC(=O)CCc1ccc(Oc2nc3ccccc3s2)cc1.CCC(CCc1ccc(Oc2nc3ccccc3s2)cc1)N1CCCC1. The Labute approximate surface area is 291 Å². The number of carbonyl (C=O) groups excluding carboxylic acids is 1. The van der Waals surface area contributed by atoms with E-state index in [9.17, 15) is 4.79 Å². The third kappa shape index (κ3) is 9.28. The topological polar surface area (TPSA) is 64.5 Å². The first-order valence-corrected chi connectivity index (χ1v) is 18.7. The number of hydrogen-bond acceptors (Lipinski definition) is 8. The Bertz CT molecular complexity index is 1830. The van der Waals surface area contributed by atoms with E-state index in [-0.39, 0.29) is 0 Å². The van der Waals surface area contributed by atoms with Crippen molar-refractivity contribution in [1.82, 2.24) is 14.9 Å². The van der Waals surface area contributed by atoms with Gasteiger partial charge in [-0.15, -0.1) is 0 Å². The van der Waals surface area contributed by atoms with E-state index in [4.69, 9.17) is 9.47 Å². The maximum Gasteiger partial charge on any atom is 0.279 e. The lowest BCUT2D eigenvalue weighted by Gasteiger charge is -2.26. The maximum atomic E-state index is 11.3. The first-order chi connectivity index (χ1) is 23.6. The fourth-order valence-electron chi connectivity index (χ4n) is 5.98. The number of Topliss-reactive ketones (excluding diaryl/α,β-unsaturated/α-hetero) is 1. The van der Waals surface area contributed by atoms with E-state index in [1.807, 2.05) is 73.7 Å². The minimum atomic E-state index is 0.301. The van der Waals surface area contributed by atoms with Crippen molar-refractivity contribution >= 4 is 48.9 Å². The molecule has 0 amide bonds. The van der Waals surface area contributed by atoms with Crippen molar-refractivity contribution in [1.29, 1.82) is 0 Å². The predicted molar refractivity (Wildman–Crippen MR) is 199 cm³/mol. The Morgan fingerprint density at radius 1 is 0.708 bits per heavy atom. The van der Waals surface area contributed by atoms with E-state index < -0.39 is 0 Å². The Hall–Kier alpha value is -4.11. The Morgan fingerprint density at radius 3 is 1.69 bits per heavy atom. The van der Waals surface area contributed by atoms with E-state index in [0.717, 1.165) is 56.4 Å². The fourth-order valence-corrected chi connectivity index (χ4v) is 7.65. The molecule has 2 aromatic heterocycles. The summed E-state index contributed by atoms with van der Waals surface area (Å²) in [5, 5.41) is 1.36. The summed E-state index contributed by atoms with van der Waals surface area (Å²) in [4.78, 5) is 23.0. The van der Waals surface area contributed by atoms with Gasteiger partial charge in [0.25, 0.3) is 10.4 Å². The predicted octanol–water partition coefficient (Wildman–Crippen LogP) is 10.9. The third-order valence-corrected chi connectivity index (χ3v) is 10.6. The molecule has 6 nitrogen and oxygen atoms in total. The summed E-state index contributed by atoms with van der Waals surface area (Å²) in [5.41, 5.74) is 4.49. The number of rotatable bonds is 13. The molecular formula is C40H43N3O3S2. The van der Waals surface area contributed by atoms with Crippen molar-refractivity contribution in [3.63, 3.8) is 0 Å². The number of para-hydroxylation sites is 2. The summed E-state index contributed by atoms with van der Waals surface area (Å²) in [6.45, 7) is 6.79. The van der Waals surface area contributed by atoms with Crippen molar-refractivity contribution in [3.8, 4) is 21.9 Å². The van der Waals surface area contributed by atoms with Crippen molar-refractivity contribution in [2.24, 2.45) is 0 Å². The second kappa shape index (κ2) is 16.8. The second-order valence-corrected chi connectivity index (χ2v) is 14.1. The van der Waals surface area contributed by atoms with Crippen molar-refractivity contribution < 1.29 is 14.3 Å². The molecule has 6 aromatic rings. The van der Waals surface area contributed by atoms with Gasteiger partial charge in [0.1, 0.15) is 17.3 Å². The Balaban J connectivity index is 0.000000170. The number of fused-ring (bicyclic) bond motifs is 2. The fraction of sp³-hybridized carbons (Fsp3) is 0.325. The lowest BCUT2D eigenvalue weighted by Crippen LogP contribution is -2.32. The number of aromatic nitrogens is 2. The van der Waals surface area contributed by atoms with Crippen molar-refractivity contribution in [2.75, 3.05) is 13.1 Å². The minimum Gasteiger partial charge on any atom is -0.431 e. The van der Waals surface area contributed by atoms with Gasteiger partial charge in [-0.3, -0.25) is 4.79 Å². The number of hydrogen-bond donors (Lipinski definition) is 0. The van der Waals surface area contributed by atoms with Crippen LogP contribution in [0.4, 0.5) is 0 Å². The zero-order chi connectivity index (χ0) is 33.1. The van der Waals surface area contributed by atoms with Crippen LogP contribution in [0.2, 0.25) is 0 Å². The van der Waals surface area contributed by atoms with Crippen LogP contribution in [-0.2, 0) is 17.6 Å². The zero-order valence-electron chi connectivity index (χ0n) is 27.8. The molecule has 1 atom stereocenters.